The molecule has 1 saturated heterocycles. The first-order chi connectivity index (χ1) is 15.0. The molecule has 0 bridgehead atoms. The van der Waals surface area contributed by atoms with Gasteiger partial charge in [0.05, 0.1) is 16.9 Å². The first-order valence-corrected chi connectivity index (χ1v) is 10.5. The van der Waals surface area contributed by atoms with Crippen molar-refractivity contribution < 1.29 is 4.79 Å². The largest absolute Gasteiger partial charge is 0.397 e. The molecule has 3 aromatic rings. The number of nitrogens with two attached hydrogens (primary N) is 1. The quantitative estimate of drug-likeness (QED) is 0.619. The lowest BCUT2D eigenvalue weighted by molar-refractivity contribution is 0.102. The number of nitrogen functional groups attached to an aromatic ring is 1. The van der Waals surface area contributed by atoms with Crippen molar-refractivity contribution in [3.8, 4) is 11.1 Å². The molecule has 7 heteroatoms. The number of amides is 1. The first-order valence-electron chi connectivity index (χ1n) is 10.5. The fourth-order valence-corrected chi connectivity index (χ4v) is 3.84. The van der Waals surface area contributed by atoms with Crippen LogP contribution in [0.3, 0.4) is 0 Å². The van der Waals surface area contributed by atoms with Gasteiger partial charge in [-0.15, -0.1) is 0 Å². The Bertz CT molecular complexity index is 1030. The van der Waals surface area contributed by atoms with E-state index in [9.17, 15) is 4.79 Å². The zero-order valence-electron chi connectivity index (χ0n) is 18.0. The summed E-state index contributed by atoms with van der Waals surface area (Å²) in [5.41, 5.74) is 9.60. The first kappa shape index (κ1) is 20.8. The van der Waals surface area contributed by atoms with E-state index < -0.39 is 0 Å². The summed E-state index contributed by atoms with van der Waals surface area (Å²) in [6, 6.07) is 16.0. The normalized spacial score (nSPS) is 14.9. The topological polar surface area (TPSA) is 87.4 Å². The summed E-state index contributed by atoms with van der Waals surface area (Å²) in [6.07, 6.45) is 5.30. The molecule has 1 aromatic heterocycles. The van der Waals surface area contributed by atoms with E-state index in [2.05, 4.69) is 32.1 Å². The lowest BCUT2D eigenvalue weighted by Crippen LogP contribution is -2.42. The molecule has 160 valence electrons. The number of likely N-dealkylation sites (tertiary alicyclic amines) is 1. The van der Waals surface area contributed by atoms with Crippen LogP contribution in [0.2, 0.25) is 0 Å². The van der Waals surface area contributed by atoms with Crippen LogP contribution in [-0.4, -0.2) is 54.0 Å². The molecular formula is C24H28N6O. The van der Waals surface area contributed by atoms with Crippen molar-refractivity contribution in [3.05, 3.63) is 66.5 Å². The van der Waals surface area contributed by atoms with E-state index in [0.29, 0.717) is 28.9 Å². The second kappa shape index (κ2) is 9.14. The summed E-state index contributed by atoms with van der Waals surface area (Å²) in [5.74, 6) is 0.349. The average molecular weight is 417 g/mol. The lowest BCUT2D eigenvalue weighted by atomic mass is 10.0. The van der Waals surface area contributed by atoms with Crippen LogP contribution in [0.1, 0.15) is 23.2 Å². The highest BCUT2D eigenvalue weighted by atomic mass is 16.1. The number of rotatable bonds is 5. The van der Waals surface area contributed by atoms with Crippen molar-refractivity contribution in [2.75, 3.05) is 43.1 Å². The van der Waals surface area contributed by atoms with Crippen LogP contribution >= 0.6 is 0 Å². The zero-order valence-corrected chi connectivity index (χ0v) is 18.0. The van der Waals surface area contributed by atoms with Crippen LogP contribution in [-0.2, 0) is 0 Å². The number of anilines is 3. The van der Waals surface area contributed by atoms with Gasteiger partial charge < -0.3 is 20.9 Å². The molecule has 0 aliphatic carbocycles. The van der Waals surface area contributed by atoms with Gasteiger partial charge in [-0.05, 0) is 56.2 Å². The van der Waals surface area contributed by atoms with E-state index in [1.165, 1.54) is 0 Å². The van der Waals surface area contributed by atoms with Crippen molar-refractivity contribution in [2.45, 2.75) is 18.9 Å². The van der Waals surface area contributed by atoms with Crippen molar-refractivity contribution in [2.24, 2.45) is 0 Å². The van der Waals surface area contributed by atoms with Crippen LogP contribution in [0.4, 0.5) is 17.3 Å². The van der Waals surface area contributed by atoms with E-state index in [1.54, 1.807) is 18.5 Å². The Morgan fingerprint density at radius 3 is 2.42 bits per heavy atom. The van der Waals surface area contributed by atoms with Gasteiger partial charge in [-0.25, -0.2) is 9.97 Å². The van der Waals surface area contributed by atoms with Crippen LogP contribution in [0.5, 0.6) is 0 Å². The molecule has 1 amide bonds. The van der Waals surface area contributed by atoms with Crippen LogP contribution in [0, 0.1) is 0 Å². The Kier molecular flexibility index (Phi) is 6.13. The highest BCUT2D eigenvalue weighted by molar-refractivity contribution is 6.05. The number of aromatic nitrogens is 2. The highest BCUT2D eigenvalue weighted by Gasteiger charge is 2.22. The number of hydrogen-bond acceptors (Lipinski definition) is 6. The third-order valence-electron chi connectivity index (χ3n) is 5.86. The fraction of sp³-hybridized carbons (Fsp3) is 0.292. The Balaban J connectivity index is 1.45. The maximum absolute atomic E-state index is 12.8. The maximum Gasteiger partial charge on any atom is 0.258 e. The zero-order chi connectivity index (χ0) is 21.8. The number of benzene rings is 2. The third kappa shape index (κ3) is 4.83. The molecule has 4 rings (SSSR count). The number of carbonyl (C=O) groups is 1. The van der Waals surface area contributed by atoms with Crippen LogP contribution < -0.4 is 16.0 Å². The third-order valence-corrected chi connectivity index (χ3v) is 5.86. The van der Waals surface area contributed by atoms with Gasteiger partial charge in [-0.3, -0.25) is 4.79 Å². The van der Waals surface area contributed by atoms with Crippen molar-refractivity contribution in [3.63, 3.8) is 0 Å². The number of nitrogens with zero attached hydrogens (tertiary/aromatic N) is 4. The van der Waals surface area contributed by atoms with E-state index in [0.717, 1.165) is 37.1 Å². The van der Waals surface area contributed by atoms with Gasteiger partial charge in [0, 0.05) is 25.5 Å². The van der Waals surface area contributed by atoms with Gasteiger partial charge in [0.15, 0.2) is 0 Å². The molecule has 0 radical (unpaired) electrons. The van der Waals surface area contributed by atoms with Gasteiger partial charge in [-0.1, -0.05) is 36.4 Å². The summed E-state index contributed by atoms with van der Waals surface area (Å²) < 4.78 is 0. The molecule has 1 aliphatic rings. The minimum Gasteiger partial charge on any atom is -0.397 e. The summed E-state index contributed by atoms with van der Waals surface area (Å²) >= 11 is 0. The minimum atomic E-state index is -0.287. The Morgan fingerprint density at radius 1 is 1.06 bits per heavy atom. The lowest BCUT2D eigenvalue weighted by Gasteiger charge is -2.35. The van der Waals surface area contributed by atoms with Crippen LogP contribution in [0.15, 0.2) is 60.9 Å². The molecule has 1 fully saturated rings. The molecule has 7 nitrogen and oxygen atoms in total. The predicted molar refractivity (Wildman–Crippen MR) is 125 cm³/mol. The summed E-state index contributed by atoms with van der Waals surface area (Å²) in [5, 5.41) is 2.89. The molecule has 0 spiro atoms. The molecular weight excluding hydrogens is 388 g/mol. The van der Waals surface area contributed by atoms with Crippen molar-refractivity contribution in [1.29, 1.82) is 0 Å². The number of carbonyl (C=O) groups excluding carboxylic acids is 1. The second-order valence-electron chi connectivity index (χ2n) is 8.04. The molecule has 2 aromatic carbocycles. The Hall–Kier alpha value is -3.45. The molecule has 2 heterocycles. The predicted octanol–water partition coefficient (Wildman–Crippen LogP) is 3.51. The maximum atomic E-state index is 12.8. The van der Waals surface area contributed by atoms with E-state index in [1.807, 2.05) is 49.5 Å². The molecule has 0 unspecified atom stereocenters. The van der Waals surface area contributed by atoms with Gasteiger partial charge in [-0.2, -0.15) is 0 Å². The Morgan fingerprint density at radius 2 is 1.74 bits per heavy atom. The average Bonchev–Trinajstić information content (AvgIpc) is 2.81. The van der Waals surface area contributed by atoms with E-state index in [4.69, 9.17) is 5.73 Å². The smallest absolute Gasteiger partial charge is 0.258 e. The summed E-state index contributed by atoms with van der Waals surface area (Å²) in [7, 11) is 4.16. The van der Waals surface area contributed by atoms with E-state index in [-0.39, 0.29) is 5.91 Å². The summed E-state index contributed by atoms with van der Waals surface area (Å²) in [4.78, 5) is 26.1. The van der Waals surface area contributed by atoms with Crippen molar-refractivity contribution >= 4 is 23.2 Å². The number of piperidine rings is 1. The Labute approximate surface area is 182 Å². The molecule has 31 heavy (non-hydrogen) atoms. The minimum absolute atomic E-state index is 0.287. The molecule has 0 saturated carbocycles. The molecule has 1 aliphatic heterocycles. The van der Waals surface area contributed by atoms with Crippen molar-refractivity contribution in [1.82, 2.24) is 14.9 Å². The monoisotopic (exact) mass is 416 g/mol. The fourth-order valence-electron chi connectivity index (χ4n) is 3.84. The highest BCUT2D eigenvalue weighted by Crippen LogP contribution is 2.27. The SMILES string of the molecule is CN1CCC(N(C)c2ncc(C(=O)Nc3cc(-c4ccccc4)ccc3N)cn2)CC1. The van der Waals surface area contributed by atoms with Gasteiger partial charge >= 0.3 is 0 Å². The molecule has 3 N–H and O–H groups in total. The standard InChI is InChI=1S/C24H28N6O/c1-29-12-10-20(11-13-29)30(2)24-26-15-19(16-27-24)23(31)28-22-14-18(8-9-21(22)25)17-6-4-3-5-7-17/h3-9,14-16,20H,10-13,25H2,1-2H3,(H,28,31). The summed E-state index contributed by atoms with van der Waals surface area (Å²) in [6.45, 7) is 2.14. The van der Waals surface area contributed by atoms with Crippen LogP contribution in [0.25, 0.3) is 11.1 Å². The van der Waals surface area contributed by atoms with E-state index >= 15 is 0 Å². The second-order valence-corrected chi connectivity index (χ2v) is 8.04. The number of nitrogens with one attached hydrogen (secondary N) is 1. The van der Waals surface area contributed by atoms with Gasteiger partial charge in [0.25, 0.3) is 5.91 Å². The van der Waals surface area contributed by atoms with Gasteiger partial charge in [0.2, 0.25) is 5.95 Å². The van der Waals surface area contributed by atoms with Gasteiger partial charge in [0.1, 0.15) is 0 Å². The molecule has 0 atom stereocenters. The number of hydrogen-bond donors (Lipinski definition) is 2.